The van der Waals surface area contributed by atoms with Crippen molar-refractivity contribution < 1.29 is 23.9 Å². The number of fused-ring (bicyclic) bond motifs is 1. The van der Waals surface area contributed by atoms with Crippen LogP contribution in [0.4, 0.5) is 5.82 Å². The number of H-pyrrole nitrogens is 1. The minimum absolute atomic E-state index is 0.0182. The van der Waals surface area contributed by atoms with Crippen LogP contribution in [0, 0.1) is 0 Å². The Bertz CT molecular complexity index is 1830. The Kier molecular flexibility index (Phi) is 17.3. The number of hydrogen-bond acceptors (Lipinski definition) is 11. The lowest BCUT2D eigenvalue weighted by Crippen LogP contribution is -2.41. The molecule has 0 radical (unpaired) electrons. The minimum atomic E-state index is -0.545. The Morgan fingerprint density at radius 2 is 1.65 bits per heavy atom. The topological polar surface area (TPSA) is 202 Å². The molecule has 294 valence electrons. The first kappa shape index (κ1) is 41.8. The van der Waals surface area contributed by atoms with Gasteiger partial charge in [-0.25, -0.2) is 9.48 Å². The van der Waals surface area contributed by atoms with E-state index in [4.69, 9.17) is 15.2 Å². The van der Waals surface area contributed by atoms with Crippen LogP contribution in [0.2, 0.25) is 0 Å². The lowest BCUT2D eigenvalue weighted by molar-refractivity contribution is -0.129. The molecule has 0 bridgehead atoms. The molecule has 3 heterocycles. The van der Waals surface area contributed by atoms with Crippen LogP contribution in [0.5, 0.6) is 6.01 Å². The second-order valence-electron chi connectivity index (χ2n) is 13.7. The highest BCUT2D eigenvalue weighted by Crippen LogP contribution is 2.19. The number of anilines is 1. The number of nitrogens with zero attached hydrogens (tertiary/aromatic N) is 6. The summed E-state index contributed by atoms with van der Waals surface area (Å²) in [5.41, 5.74) is 9.25. The van der Waals surface area contributed by atoms with Gasteiger partial charge in [0.25, 0.3) is 0 Å². The highest BCUT2D eigenvalue weighted by Gasteiger charge is 2.21. The Hall–Kier alpha value is -4.92. The van der Waals surface area contributed by atoms with Gasteiger partial charge in [-0.15, -0.1) is 5.10 Å². The van der Waals surface area contributed by atoms with Crippen LogP contribution in [-0.4, -0.2) is 78.4 Å². The number of nitrogens with two attached hydrogens (primary N) is 1. The van der Waals surface area contributed by atoms with Gasteiger partial charge in [-0.3, -0.25) is 19.0 Å². The number of Topliss-reactive ketones (excluding diaryl/α,β-unsaturated/α-hetero) is 2. The van der Waals surface area contributed by atoms with Gasteiger partial charge in [0, 0.05) is 39.3 Å². The number of carbonyl (C=O) groups excluding carboxylic acids is 3. The van der Waals surface area contributed by atoms with Crippen molar-refractivity contribution in [1.82, 2.24) is 39.8 Å². The number of ether oxygens (including phenoxy) is 2. The molecule has 4 N–H and O–H groups in total. The molecule has 0 saturated heterocycles. The predicted octanol–water partition coefficient (Wildman–Crippen LogP) is 4.89. The van der Waals surface area contributed by atoms with E-state index in [2.05, 4.69) is 44.4 Å². The smallest absolute Gasteiger partial charge is 0.328 e. The lowest BCUT2D eigenvalue weighted by atomic mass is 9.99. The molecule has 1 amide bonds. The van der Waals surface area contributed by atoms with Crippen LogP contribution in [0.1, 0.15) is 114 Å². The fourth-order valence-corrected chi connectivity index (χ4v) is 6.24. The number of rotatable bonds is 27. The van der Waals surface area contributed by atoms with Crippen molar-refractivity contribution in [3.05, 3.63) is 57.8 Å². The summed E-state index contributed by atoms with van der Waals surface area (Å²) < 4.78 is 13.9. The molecule has 0 fully saturated rings. The number of unbranched alkanes of at least 4 members (excludes halogenated alkanes) is 5. The number of methoxy groups -OCH3 is 1. The van der Waals surface area contributed by atoms with E-state index in [0.717, 1.165) is 81.2 Å². The number of nitrogens with one attached hydrogen (secondary N) is 2. The number of nitrogen functional groups attached to an aromatic ring is 1. The van der Waals surface area contributed by atoms with E-state index >= 15 is 0 Å². The molecule has 54 heavy (non-hydrogen) atoms. The van der Waals surface area contributed by atoms with E-state index in [1.165, 1.54) is 4.57 Å². The third kappa shape index (κ3) is 13.2. The number of aromatic amines is 1. The average molecular weight is 748 g/mol. The van der Waals surface area contributed by atoms with Crippen molar-refractivity contribution in [2.75, 3.05) is 26.1 Å². The minimum Gasteiger partial charge on any atom is -0.461 e. The Morgan fingerprint density at radius 1 is 0.889 bits per heavy atom. The van der Waals surface area contributed by atoms with E-state index in [0.29, 0.717) is 43.5 Å². The fraction of sp³-hybridized carbons (Fsp3) is 0.590. The first-order valence-electron chi connectivity index (χ1n) is 19.4. The Balaban J connectivity index is 1.23. The van der Waals surface area contributed by atoms with Gasteiger partial charge in [0.1, 0.15) is 17.9 Å². The maximum absolute atomic E-state index is 13.1. The number of hydrogen-bond donors (Lipinski definition) is 3. The van der Waals surface area contributed by atoms with Crippen LogP contribution >= 0.6 is 0 Å². The summed E-state index contributed by atoms with van der Waals surface area (Å²) in [5, 5.41) is 11.2. The molecule has 3 aromatic heterocycles. The summed E-state index contributed by atoms with van der Waals surface area (Å²) in [6, 6.07) is 7.15. The predicted molar refractivity (Wildman–Crippen MR) is 206 cm³/mol. The molecule has 0 aliphatic heterocycles. The Labute approximate surface area is 316 Å². The van der Waals surface area contributed by atoms with Crippen LogP contribution in [0.3, 0.4) is 0 Å². The number of carbonyl (C=O) groups is 3. The third-order valence-corrected chi connectivity index (χ3v) is 9.43. The molecule has 15 nitrogen and oxygen atoms in total. The molecular weight excluding hydrogens is 690 g/mol. The van der Waals surface area contributed by atoms with E-state index < -0.39 is 6.04 Å². The number of amides is 1. The highest BCUT2D eigenvalue weighted by atomic mass is 16.5. The first-order chi connectivity index (χ1) is 26.2. The Morgan fingerprint density at radius 3 is 2.41 bits per heavy atom. The van der Waals surface area contributed by atoms with Gasteiger partial charge in [-0.1, -0.05) is 75.4 Å². The molecule has 1 unspecified atom stereocenters. The van der Waals surface area contributed by atoms with Crippen molar-refractivity contribution in [2.24, 2.45) is 0 Å². The number of ketones is 2. The lowest BCUT2D eigenvalue weighted by Gasteiger charge is -2.18. The van der Waals surface area contributed by atoms with Gasteiger partial charge < -0.3 is 25.5 Å². The average Bonchev–Trinajstić information content (AvgIpc) is 3.75. The first-order valence-corrected chi connectivity index (χ1v) is 19.4. The van der Waals surface area contributed by atoms with Crippen LogP contribution in [0.15, 0.2) is 35.3 Å². The maximum Gasteiger partial charge on any atom is 0.328 e. The number of aryl methyl sites for hydroxylation is 3. The number of benzene rings is 1. The molecular formula is C39H57N9O6. The van der Waals surface area contributed by atoms with Gasteiger partial charge >= 0.3 is 11.7 Å². The fourth-order valence-electron chi connectivity index (χ4n) is 6.24. The normalized spacial score (nSPS) is 11.9. The van der Waals surface area contributed by atoms with Crippen LogP contribution in [0.25, 0.3) is 11.2 Å². The molecule has 15 heteroatoms. The second-order valence-corrected chi connectivity index (χ2v) is 13.7. The summed E-state index contributed by atoms with van der Waals surface area (Å²) in [5.74, 6) is -0.122. The van der Waals surface area contributed by atoms with Crippen LogP contribution < -0.4 is 21.5 Å². The zero-order valence-electron chi connectivity index (χ0n) is 32.1. The summed E-state index contributed by atoms with van der Waals surface area (Å²) in [7, 11) is 1.56. The molecule has 0 spiro atoms. The monoisotopic (exact) mass is 747 g/mol. The standard InChI is InChI=1S/C39H57N9O6/c1-4-6-8-14-33(50)32(13-10-9-12-30-26-41-46-48(30)23-11-7-5-2)42-34(51)22-21-31(49)20-19-28-15-17-29(18-16-28)27-47-37-35(43-39(47)52)36(40)44-38(45-37)54-25-24-53-3/h15-18,26,32H,4-14,19-25,27H2,1-3H3,(H,42,51)(H,43,52)(H2,40,44,45). The third-order valence-electron chi connectivity index (χ3n) is 9.43. The van der Waals surface area contributed by atoms with Gasteiger partial charge in [-0.05, 0) is 49.7 Å². The summed E-state index contributed by atoms with van der Waals surface area (Å²) >= 11 is 0. The van der Waals surface area contributed by atoms with Crippen molar-refractivity contribution in [1.29, 1.82) is 0 Å². The summed E-state index contributed by atoms with van der Waals surface area (Å²) in [6.07, 6.45) is 12.4. The maximum atomic E-state index is 13.1. The van der Waals surface area contributed by atoms with Crippen LogP contribution in [-0.2, 0) is 45.1 Å². The zero-order chi connectivity index (χ0) is 38.7. The largest absolute Gasteiger partial charge is 0.461 e. The van der Waals surface area contributed by atoms with Gasteiger partial charge in [0.15, 0.2) is 17.2 Å². The summed E-state index contributed by atoms with van der Waals surface area (Å²) in [6.45, 7) is 5.96. The molecule has 0 aliphatic carbocycles. The molecule has 1 atom stereocenters. The van der Waals surface area contributed by atoms with E-state index in [9.17, 15) is 19.2 Å². The van der Waals surface area contributed by atoms with Crippen molar-refractivity contribution in [3.8, 4) is 6.01 Å². The number of imidazole rings is 1. The highest BCUT2D eigenvalue weighted by molar-refractivity contribution is 5.90. The SMILES string of the molecule is CCCCCC(=O)C(CCCCc1cnnn1CCCCC)NC(=O)CCC(=O)CCc1ccc(Cn2c(=O)[nH]c3c(N)nc(OCCOC)nc32)cc1. The number of aromatic nitrogens is 7. The quantitative estimate of drug-likeness (QED) is 0.0702. The van der Waals surface area contributed by atoms with Gasteiger partial charge in [-0.2, -0.15) is 9.97 Å². The molecule has 4 rings (SSSR count). The zero-order valence-corrected chi connectivity index (χ0v) is 32.1. The second kappa shape index (κ2) is 22.3. The van der Waals surface area contributed by atoms with E-state index in [1.54, 1.807) is 7.11 Å². The van der Waals surface area contributed by atoms with Gasteiger partial charge in [0.05, 0.1) is 31.1 Å². The molecule has 0 saturated carbocycles. The van der Waals surface area contributed by atoms with Crippen molar-refractivity contribution >= 4 is 34.5 Å². The van der Waals surface area contributed by atoms with Crippen molar-refractivity contribution in [2.45, 2.75) is 129 Å². The van der Waals surface area contributed by atoms with Crippen molar-refractivity contribution in [3.63, 3.8) is 0 Å². The molecule has 0 aliphatic rings. The summed E-state index contributed by atoms with van der Waals surface area (Å²) in [4.78, 5) is 62.8. The van der Waals surface area contributed by atoms with Gasteiger partial charge in [0.2, 0.25) is 5.91 Å². The molecule has 4 aromatic rings. The molecule has 1 aromatic carbocycles. The van der Waals surface area contributed by atoms with E-state index in [1.807, 2.05) is 35.1 Å². The van der Waals surface area contributed by atoms with E-state index in [-0.39, 0.29) is 61.0 Å².